The van der Waals surface area contributed by atoms with E-state index in [4.69, 9.17) is 4.74 Å². The van der Waals surface area contributed by atoms with Gasteiger partial charge in [-0.1, -0.05) is 48.5 Å². The lowest BCUT2D eigenvalue weighted by Gasteiger charge is -2.27. The molecule has 3 heterocycles. The summed E-state index contributed by atoms with van der Waals surface area (Å²) in [6.45, 7) is 3.06. The third-order valence-corrected chi connectivity index (χ3v) is 5.20. The minimum atomic E-state index is -0.359. The van der Waals surface area contributed by atoms with Crippen LogP contribution in [-0.2, 0) is 13.0 Å². The summed E-state index contributed by atoms with van der Waals surface area (Å²) in [6, 6.07) is 22.0. The Hall–Kier alpha value is -3.67. The van der Waals surface area contributed by atoms with Crippen molar-refractivity contribution in [2.24, 2.45) is 0 Å². The number of para-hydroxylation sites is 1. The summed E-state index contributed by atoms with van der Waals surface area (Å²) in [5, 5.41) is 5.61. The summed E-state index contributed by atoms with van der Waals surface area (Å²) in [6.07, 6.45) is 0.425. The second-order valence-corrected chi connectivity index (χ2v) is 7.18. The molecule has 1 amide bonds. The number of aryl methyl sites for hydroxylation is 1. The van der Waals surface area contributed by atoms with E-state index in [0.717, 1.165) is 28.8 Å². The maximum Gasteiger partial charge on any atom is 0.416 e. The molecule has 29 heavy (non-hydrogen) atoms. The lowest BCUT2D eigenvalue weighted by Crippen LogP contribution is -2.38. The second kappa shape index (κ2) is 7.05. The zero-order valence-corrected chi connectivity index (χ0v) is 16.1. The fourth-order valence-electron chi connectivity index (χ4n) is 3.66. The van der Waals surface area contributed by atoms with Crippen LogP contribution in [0.3, 0.4) is 0 Å². The van der Waals surface area contributed by atoms with Gasteiger partial charge in [0.25, 0.3) is 0 Å². The van der Waals surface area contributed by atoms with E-state index in [0.29, 0.717) is 24.6 Å². The first-order valence-electron chi connectivity index (χ1n) is 9.64. The quantitative estimate of drug-likeness (QED) is 0.527. The molecule has 0 fully saturated rings. The number of carbonyl (C=O) groups is 1. The fraction of sp³-hybridized carbons (Fsp3) is 0.174. The molecular formula is C23H20N4O2. The molecule has 0 N–H and O–H groups in total. The van der Waals surface area contributed by atoms with Crippen LogP contribution in [0.1, 0.15) is 16.8 Å². The zero-order valence-electron chi connectivity index (χ0n) is 16.1. The normalized spacial score (nSPS) is 13.4. The van der Waals surface area contributed by atoms with Crippen LogP contribution in [0.15, 0.2) is 66.7 Å². The van der Waals surface area contributed by atoms with Gasteiger partial charge in [-0.2, -0.15) is 10.1 Å². The van der Waals surface area contributed by atoms with E-state index < -0.39 is 0 Å². The molecule has 144 valence electrons. The van der Waals surface area contributed by atoms with E-state index in [1.54, 1.807) is 9.58 Å². The molecule has 1 aliphatic heterocycles. The smallest absolute Gasteiger partial charge is 0.391 e. The van der Waals surface area contributed by atoms with Gasteiger partial charge < -0.3 is 9.64 Å². The number of hydrogen-bond donors (Lipinski definition) is 0. The molecule has 2 aromatic carbocycles. The van der Waals surface area contributed by atoms with Gasteiger partial charge in [-0.15, -0.1) is 0 Å². The molecule has 1 aliphatic rings. The Bertz CT molecular complexity index is 1190. The predicted molar refractivity (Wildman–Crippen MR) is 110 cm³/mol. The average molecular weight is 384 g/mol. The molecule has 6 heteroatoms. The summed E-state index contributed by atoms with van der Waals surface area (Å²) in [5.74, 6) is 0.371. The Labute approximate surface area is 168 Å². The fourth-order valence-corrected chi connectivity index (χ4v) is 3.66. The third-order valence-electron chi connectivity index (χ3n) is 5.20. The van der Waals surface area contributed by atoms with Gasteiger partial charge in [0.1, 0.15) is 0 Å². The summed E-state index contributed by atoms with van der Waals surface area (Å²) in [5.41, 5.74) is 4.61. The number of nitrogens with zero attached hydrogens (tertiary/aromatic N) is 4. The molecule has 0 spiro atoms. The van der Waals surface area contributed by atoms with Crippen LogP contribution in [-0.4, -0.2) is 32.3 Å². The number of aromatic nitrogens is 3. The van der Waals surface area contributed by atoms with Gasteiger partial charge in [0.05, 0.1) is 17.9 Å². The van der Waals surface area contributed by atoms with Crippen LogP contribution in [0.4, 0.5) is 4.79 Å². The van der Waals surface area contributed by atoms with Crippen molar-refractivity contribution in [2.45, 2.75) is 19.9 Å². The lowest BCUT2D eigenvalue weighted by molar-refractivity contribution is 0.136. The van der Waals surface area contributed by atoms with Gasteiger partial charge in [-0.05, 0) is 37.1 Å². The van der Waals surface area contributed by atoms with E-state index in [-0.39, 0.29) is 6.09 Å². The van der Waals surface area contributed by atoms with Crippen molar-refractivity contribution >= 4 is 17.1 Å². The molecule has 0 saturated heterocycles. The lowest BCUT2D eigenvalue weighted by atomic mass is 10.1. The first-order valence-corrected chi connectivity index (χ1v) is 9.64. The number of benzene rings is 2. The van der Waals surface area contributed by atoms with Gasteiger partial charge in [-0.25, -0.2) is 9.48 Å². The number of amides is 1. The Morgan fingerprint density at radius 1 is 1.03 bits per heavy atom. The topological polar surface area (TPSA) is 60.2 Å². The molecule has 0 bridgehead atoms. The Kier molecular flexibility index (Phi) is 4.24. The van der Waals surface area contributed by atoms with E-state index in [1.807, 2.05) is 61.5 Å². The van der Waals surface area contributed by atoms with Crippen LogP contribution in [0.5, 0.6) is 5.88 Å². The molecule has 0 saturated carbocycles. The van der Waals surface area contributed by atoms with Gasteiger partial charge in [0.2, 0.25) is 5.88 Å². The maximum atomic E-state index is 12.5. The van der Waals surface area contributed by atoms with Crippen molar-refractivity contribution in [3.05, 3.63) is 83.6 Å². The highest BCUT2D eigenvalue weighted by atomic mass is 16.6. The molecule has 0 radical (unpaired) electrons. The highest BCUT2D eigenvalue weighted by molar-refractivity contribution is 5.83. The minimum absolute atomic E-state index is 0.359. The van der Waals surface area contributed by atoms with Crippen LogP contribution in [0.25, 0.3) is 16.7 Å². The number of carbonyl (C=O) groups excluding carboxylic acids is 1. The summed E-state index contributed by atoms with van der Waals surface area (Å²) in [7, 11) is 0. The molecule has 6 nitrogen and oxygen atoms in total. The Morgan fingerprint density at radius 2 is 1.76 bits per heavy atom. The van der Waals surface area contributed by atoms with Crippen molar-refractivity contribution in [1.82, 2.24) is 19.7 Å². The highest BCUT2D eigenvalue weighted by Gasteiger charge is 2.27. The first-order chi connectivity index (χ1) is 14.2. The second-order valence-electron chi connectivity index (χ2n) is 7.18. The standard InChI is InChI=1S/C23H20N4O2/c1-16-20-14-18-15-26(13-12-17-8-4-2-5-9-17)23(28)29-22(18)24-21(20)27(25-16)19-10-6-3-7-11-19/h2-11,14H,12-13,15H2,1H3. The van der Waals surface area contributed by atoms with Crippen molar-refractivity contribution in [3.63, 3.8) is 0 Å². The van der Waals surface area contributed by atoms with E-state index in [9.17, 15) is 4.79 Å². The summed E-state index contributed by atoms with van der Waals surface area (Å²) < 4.78 is 7.37. The monoisotopic (exact) mass is 384 g/mol. The summed E-state index contributed by atoms with van der Waals surface area (Å²) >= 11 is 0. The molecular weight excluding hydrogens is 364 g/mol. The minimum Gasteiger partial charge on any atom is -0.391 e. The molecule has 0 unspecified atom stereocenters. The van der Waals surface area contributed by atoms with Gasteiger partial charge >= 0.3 is 6.09 Å². The Balaban J connectivity index is 1.46. The number of rotatable bonds is 4. The largest absolute Gasteiger partial charge is 0.416 e. The van der Waals surface area contributed by atoms with Crippen molar-refractivity contribution < 1.29 is 9.53 Å². The first kappa shape index (κ1) is 17.4. The zero-order chi connectivity index (χ0) is 19.8. The van der Waals surface area contributed by atoms with Crippen molar-refractivity contribution in [1.29, 1.82) is 0 Å². The van der Waals surface area contributed by atoms with Crippen molar-refractivity contribution in [2.75, 3.05) is 6.54 Å². The molecule has 0 aliphatic carbocycles. The van der Waals surface area contributed by atoms with Gasteiger partial charge in [0.15, 0.2) is 5.65 Å². The van der Waals surface area contributed by atoms with Gasteiger partial charge in [-0.3, -0.25) is 0 Å². The van der Waals surface area contributed by atoms with Crippen LogP contribution >= 0.6 is 0 Å². The van der Waals surface area contributed by atoms with E-state index in [1.165, 1.54) is 5.56 Å². The number of pyridine rings is 1. The summed E-state index contributed by atoms with van der Waals surface area (Å²) in [4.78, 5) is 18.9. The number of fused-ring (bicyclic) bond motifs is 2. The Morgan fingerprint density at radius 3 is 2.52 bits per heavy atom. The number of ether oxygens (including phenoxy) is 1. The van der Waals surface area contributed by atoms with Crippen LogP contribution in [0, 0.1) is 6.92 Å². The average Bonchev–Trinajstić information content (AvgIpc) is 3.08. The van der Waals surface area contributed by atoms with E-state index in [2.05, 4.69) is 22.2 Å². The predicted octanol–water partition coefficient (Wildman–Crippen LogP) is 4.29. The molecule has 2 aromatic heterocycles. The molecule has 5 rings (SSSR count). The highest BCUT2D eigenvalue weighted by Crippen LogP contribution is 2.30. The van der Waals surface area contributed by atoms with Crippen molar-refractivity contribution in [3.8, 4) is 11.6 Å². The third kappa shape index (κ3) is 3.23. The van der Waals surface area contributed by atoms with Crippen LogP contribution < -0.4 is 4.74 Å². The van der Waals surface area contributed by atoms with Gasteiger partial charge in [0, 0.05) is 17.5 Å². The van der Waals surface area contributed by atoms with E-state index >= 15 is 0 Å². The SMILES string of the molecule is Cc1nn(-c2ccccc2)c2nc3c(cc12)CN(CCc1ccccc1)C(=O)O3. The number of hydrogen-bond acceptors (Lipinski definition) is 4. The molecule has 0 atom stereocenters. The van der Waals surface area contributed by atoms with Crippen LogP contribution in [0.2, 0.25) is 0 Å². The molecule has 4 aromatic rings. The maximum absolute atomic E-state index is 12.5.